The van der Waals surface area contributed by atoms with Gasteiger partial charge >= 0.3 is 0 Å². The van der Waals surface area contributed by atoms with Gasteiger partial charge in [-0.25, -0.2) is 0 Å². The number of carbonyl (C=O) groups excluding carboxylic acids is 1. The maximum absolute atomic E-state index is 12.1. The fourth-order valence-electron chi connectivity index (χ4n) is 2.50. The molecule has 1 saturated carbocycles. The number of rotatable bonds is 4. The van der Waals surface area contributed by atoms with Gasteiger partial charge in [-0.2, -0.15) is 0 Å². The van der Waals surface area contributed by atoms with Gasteiger partial charge in [-0.15, -0.1) is 0 Å². The van der Waals surface area contributed by atoms with Gasteiger partial charge < -0.3 is 9.47 Å². The van der Waals surface area contributed by atoms with Gasteiger partial charge in [0.15, 0.2) is 12.1 Å². The predicted octanol–water partition coefficient (Wildman–Crippen LogP) is 2.90. The minimum absolute atomic E-state index is 0.114. The summed E-state index contributed by atoms with van der Waals surface area (Å²) in [5.74, 6) is 0.778. The molecular formula is C15H18O3. The van der Waals surface area contributed by atoms with Crippen molar-refractivity contribution >= 4 is 5.78 Å². The highest BCUT2D eigenvalue weighted by atomic mass is 16.7. The van der Waals surface area contributed by atoms with E-state index in [9.17, 15) is 4.79 Å². The molecule has 0 unspecified atom stereocenters. The predicted molar refractivity (Wildman–Crippen MR) is 67.7 cm³/mol. The summed E-state index contributed by atoms with van der Waals surface area (Å²) in [4.78, 5) is 12.1. The minimum atomic E-state index is -0.343. The second-order valence-corrected chi connectivity index (χ2v) is 5.05. The summed E-state index contributed by atoms with van der Waals surface area (Å²) in [6, 6.07) is 8.04. The molecule has 3 nitrogen and oxygen atoms in total. The van der Waals surface area contributed by atoms with E-state index in [0.29, 0.717) is 25.6 Å². The molecule has 1 aliphatic carbocycles. The Hall–Kier alpha value is -1.19. The lowest BCUT2D eigenvalue weighted by molar-refractivity contribution is -0.0407. The van der Waals surface area contributed by atoms with Gasteiger partial charge in [0.2, 0.25) is 0 Å². The van der Waals surface area contributed by atoms with Crippen molar-refractivity contribution in [3.8, 4) is 0 Å². The molecule has 18 heavy (non-hydrogen) atoms. The van der Waals surface area contributed by atoms with Gasteiger partial charge in [-0.3, -0.25) is 4.79 Å². The molecule has 0 spiro atoms. The van der Waals surface area contributed by atoms with Crippen molar-refractivity contribution in [2.75, 3.05) is 13.2 Å². The minimum Gasteiger partial charge on any atom is -0.350 e. The molecule has 0 aromatic heterocycles. The van der Waals surface area contributed by atoms with E-state index < -0.39 is 0 Å². The number of carbonyl (C=O) groups is 1. The summed E-state index contributed by atoms with van der Waals surface area (Å²) < 4.78 is 10.6. The smallest absolute Gasteiger partial charge is 0.167 e. The van der Waals surface area contributed by atoms with Crippen molar-refractivity contribution in [2.24, 2.45) is 0 Å². The van der Waals surface area contributed by atoms with E-state index in [4.69, 9.17) is 9.47 Å². The number of Topliss-reactive ketones (excluding diaryl/α,β-unsaturated/α-hetero) is 1. The molecular weight excluding hydrogens is 228 g/mol. The zero-order valence-electron chi connectivity index (χ0n) is 10.4. The Morgan fingerprint density at radius 1 is 1.22 bits per heavy atom. The average Bonchev–Trinajstić information content (AvgIpc) is 2.80. The molecule has 0 atom stereocenters. The van der Waals surface area contributed by atoms with Crippen LogP contribution in [-0.4, -0.2) is 25.3 Å². The van der Waals surface area contributed by atoms with Gasteiger partial charge in [0.25, 0.3) is 0 Å². The van der Waals surface area contributed by atoms with Crippen molar-refractivity contribution < 1.29 is 14.3 Å². The highest BCUT2D eigenvalue weighted by Crippen LogP contribution is 2.36. The molecule has 3 heteroatoms. The van der Waals surface area contributed by atoms with Crippen LogP contribution in [0.4, 0.5) is 0 Å². The molecule has 1 aromatic rings. The largest absolute Gasteiger partial charge is 0.350 e. The number of benzene rings is 1. The number of hydrogen-bond donors (Lipinski definition) is 0. The van der Waals surface area contributed by atoms with Gasteiger partial charge in [0, 0.05) is 5.56 Å². The Morgan fingerprint density at radius 2 is 2.00 bits per heavy atom. The molecule has 3 rings (SSSR count). The van der Waals surface area contributed by atoms with Gasteiger partial charge in [-0.1, -0.05) is 24.6 Å². The summed E-state index contributed by atoms with van der Waals surface area (Å²) in [7, 11) is 0. The van der Waals surface area contributed by atoms with Crippen molar-refractivity contribution in [3.63, 3.8) is 0 Å². The van der Waals surface area contributed by atoms with Crippen LogP contribution in [0.25, 0.3) is 0 Å². The summed E-state index contributed by atoms with van der Waals surface area (Å²) in [6.45, 7) is 1.19. The highest BCUT2D eigenvalue weighted by Gasteiger charge is 2.23. The third-order valence-electron chi connectivity index (χ3n) is 3.83. The Bertz CT molecular complexity index is 431. The first-order valence-electron chi connectivity index (χ1n) is 6.69. The van der Waals surface area contributed by atoms with Crippen LogP contribution in [0.3, 0.4) is 0 Å². The van der Waals surface area contributed by atoms with Crippen LogP contribution in [0.1, 0.15) is 47.5 Å². The van der Waals surface area contributed by atoms with Crippen LogP contribution in [-0.2, 0) is 9.47 Å². The van der Waals surface area contributed by atoms with E-state index in [-0.39, 0.29) is 12.1 Å². The van der Waals surface area contributed by atoms with Crippen LogP contribution in [0.15, 0.2) is 24.3 Å². The molecule has 1 aromatic carbocycles. The van der Waals surface area contributed by atoms with Crippen molar-refractivity contribution in [1.29, 1.82) is 0 Å². The van der Waals surface area contributed by atoms with E-state index in [1.54, 1.807) is 0 Å². The monoisotopic (exact) mass is 246 g/mol. The first-order chi connectivity index (χ1) is 8.83. The Morgan fingerprint density at radius 3 is 2.67 bits per heavy atom. The molecule has 1 saturated heterocycles. The summed E-state index contributed by atoms with van der Waals surface area (Å²) in [6.07, 6.45) is 3.81. The van der Waals surface area contributed by atoms with E-state index in [1.165, 1.54) is 24.8 Å². The first-order valence-corrected chi connectivity index (χ1v) is 6.69. The lowest BCUT2D eigenvalue weighted by atomic mass is 9.79. The number of ketones is 1. The Labute approximate surface area is 107 Å². The summed E-state index contributed by atoms with van der Waals surface area (Å²) in [5.41, 5.74) is 2.10. The van der Waals surface area contributed by atoms with Crippen LogP contribution < -0.4 is 0 Å². The van der Waals surface area contributed by atoms with Gasteiger partial charge in [0.05, 0.1) is 19.6 Å². The van der Waals surface area contributed by atoms with E-state index >= 15 is 0 Å². The van der Waals surface area contributed by atoms with Crippen LogP contribution in [0.2, 0.25) is 0 Å². The number of hydrogen-bond acceptors (Lipinski definition) is 3. The SMILES string of the molecule is O=C(CC1OCCO1)c1cccc(C2CCC2)c1. The molecule has 0 radical (unpaired) electrons. The van der Waals surface area contributed by atoms with Crippen molar-refractivity contribution in [3.05, 3.63) is 35.4 Å². The van der Waals surface area contributed by atoms with E-state index in [0.717, 1.165) is 5.56 Å². The van der Waals surface area contributed by atoms with Crippen LogP contribution in [0.5, 0.6) is 0 Å². The summed E-state index contributed by atoms with van der Waals surface area (Å²) >= 11 is 0. The molecule has 0 bridgehead atoms. The lowest BCUT2D eigenvalue weighted by Crippen LogP contribution is -2.15. The Balaban J connectivity index is 1.68. The lowest BCUT2D eigenvalue weighted by Gasteiger charge is -2.26. The Kier molecular flexibility index (Phi) is 3.43. The average molecular weight is 246 g/mol. The van der Waals surface area contributed by atoms with Gasteiger partial charge in [0.1, 0.15) is 0 Å². The maximum atomic E-state index is 12.1. The van der Waals surface area contributed by atoms with Crippen molar-refractivity contribution in [1.82, 2.24) is 0 Å². The van der Waals surface area contributed by atoms with E-state index in [1.807, 2.05) is 18.2 Å². The molecule has 0 amide bonds. The third-order valence-corrected chi connectivity index (χ3v) is 3.83. The fraction of sp³-hybridized carbons (Fsp3) is 0.533. The van der Waals surface area contributed by atoms with Crippen LogP contribution >= 0.6 is 0 Å². The quantitative estimate of drug-likeness (QED) is 0.766. The summed E-state index contributed by atoms with van der Waals surface area (Å²) in [5, 5.41) is 0. The second-order valence-electron chi connectivity index (χ2n) is 5.05. The highest BCUT2D eigenvalue weighted by molar-refractivity contribution is 5.96. The van der Waals surface area contributed by atoms with Crippen LogP contribution in [0, 0.1) is 0 Å². The molecule has 2 aliphatic rings. The maximum Gasteiger partial charge on any atom is 0.167 e. The topological polar surface area (TPSA) is 35.5 Å². The molecule has 96 valence electrons. The standard InChI is InChI=1S/C15H18O3/c16-14(10-15-17-7-8-18-15)13-6-2-5-12(9-13)11-3-1-4-11/h2,5-6,9,11,15H,1,3-4,7-8,10H2. The zero-order valence-corrected chi connectivity index (χ0v) is 10.4. The molecule has 0 N–H and O–H groups in total. The zero-order chi connectivity index (χ0) is 12.4. The van der Waals surface area contributed by atoms with E-state index in [2.05, 4.69) is 6.07 Å². The molecule has 1 aliphatic heterocycles. The normalized spacial score (nSPS) is 20.9. The number of ether oxygens (including phenoxy) is 2. The third kappa shape index (κ3) is 2.47. The first kappa shape index (κ1) is 11.9. The molecule has 2 fully saturated rings. The molecule has 1 heterocycles. The van der Waals surface area contributed by atoms with Gasteiger partial charge in [-0.05, 0) is 30.4 Å². The second kappa shape index (κ2) is 5.21. The van der Waals surface area contributed by atoms with Crippen molar-refractivity contribution in [2.45, 2.75) is 37.9 Å². The fourth-order valence-corrected chi connectivity index (χ4v) is 2.50.